The minimum atomic E-state index is 0.0324. The Morgan fingerprint density at radius 2 is 1.79 bits per heavy atom. The Hall–Kier alpha value is -4.15. The van der Waals surface area contributed by atoms with E-state index < -0.39 is 0 Å². The first-order valence-electron chi connectivity index (χ1n) is 13.5. The van der Waals surface area contributed by atoms with Crippen LogP contribution in [0.15, 0.2) is 67.3 Å². The molecular weight excluding hydrogens is 490 g/mol. The molecule has 0 saturated carbocycles. The highest BCUT2D eigenvalue weighted by Gasteiger charge is 2.30. The van der Waals surface area contributed by atoms with Crippen molar-refractivity contribution in [3.8, 4) is 0 Å². The van der Waals surface area contributed by atoms with Crippen LogP contribution in [0.5, 0.6) is 0 Å². The second kappa shape index (κ2) is 11.7. The van der Waals surface area contributed by atoms with Gasteiger partial charge in [-0.15, -0.1) is 0 Å². The molecule has 0 amide bonds. The van der Waals surface area contributed by atoms with Crippen LogP contribution in [-0.4, -0.2) is 68.9 Å². The normalized spacial score (nSPS) is 17.1. The highest BCUT2D eigenvalue weighted by atomic mass is 16.3. The molecule has 1 saturated heterocycles. The van der Waals surface area contributed by atoms with Crippen molar-refractivity contribution in [2.24, 2.45) is 0 Å². The molecule has 3 N–H and O–H groups in total. The van der Waals surface area contributed by atoms with Crippen LogP contribution >= 0.6 is 0 Å². The highest BCUT2D eigenvalue weighted by molar-refractivity contribution is 5.57. The molecule has 2 aliphatic rings. The van der Waals surface area contributed by atoms with E-state index in [4.69, 9.17) is 4.98 Å². The Balaban J connectivity index is 1.13. The van der Waals surface area contributed by atoms with Gasteiger partial charge in [-0.1, -0.05) is 36.4 Å². The Morgan fingerprint density at radius 1 is 0.923 bits per heavy atom. The van der Waals surface area contributed by atoms with Crippen molar-refractivity contribution in [3.63, 3.8) is 0 Å². The zero-order chi connectivity index (χ0) is 26.4. The van der Waals surface area contributed by atoms with Gasteiger partial charge in [0.2, 0.25) is 17.8 Å². The molecule has 39 heavy (non-hydrogen) atoms. The van der Waals surface area contributed by atoms with E-state index in [-0.39, 0.29) is 12.6 Å². The first-order valence-corrected chi connectivity index (χ1v) is 13.5. The Kier molecular flexibility index (Phi) is 7.55. The number of nitrogens with zero attached hydrogens (tertiary/aromatic N) is 7. The number of piperazine rings is 1. The van der Waals surface area contributed by atoms with E-state index in [2.05, 4.69) is 70.7 Å². The van der Waals surface area contributed by atoms with Crippen LogP contribution in [0, 0.1) is 0 Å². The first-order chi connectivity index (χ1) is 19.2. The van der Waals surface area contributed by atoms with Gasteiger partial charge in [0.1, 0.15) is 6.33 Å². The zero-order valence-corrected chi connectivity index (χ0v) is 21.9. The van der Waals surface area contributed by atoms with Gasteiger partial charge in [-0.3, -0.25) is 0 Å². The van der Waals surface area contributed by atoms with Gasteiger partial charge >= 0.3 is 0 Å². The summed E-state index contributed by atoms with van der Waals surface area (Å²) in [6.07, 6.45) is 7.80. The number of aliphatic hydroxyl groups excluding tert-OH is 1. The number of rotatable bonds is 8. The molecule has 0 aliphatic carbocycles. The maximum atomic E-state index is 9.80. The second-order valence-electron chi connectivity index (χ2n) is 10.0. The molecule has 10 heteroatoms. The minimum Gasteiger partial charge on any atom is -0.396 e. The van der Waals surface area contributed by atoms with Gasteiger partial charge in [-0.25, -0.2) is 19.9 Å². The predicted molar refractivity (Wildman–Crippen MR) is 151 cm³/mol. The third-order valence-electron chi connectivity index (χ3n) is 7.34. The average Bonchev–Trinajstić information content (AvgIpc) is 2.98. The topological polar surface area (TPSA) is 115 Å². The summed E-state index contributed by atoms with van der Waals surface area (Å²) in [6.45, 7) is 4.05. The lowest BCUT2D eigenvalue weighted by Crippen LogP contribution is -2.54. The van der Waals surface area contributed by atoms with E-state index in [0.717, 1.165) is 37.2 Å². The maximum absolute atomic E-state index is 9.80. The van der Waals surface area contributed by atoms with Gasteiger partial charge in [0, 0.05) is 57.3 Å². The summed E-state index contributed by atoms with van der Waals surface area (Å²) in [6, 6.07) is 16.8. The van der Waals surface area contributed by atoms with Gasteiger partial charge in [0.05, 0.1) is 6.04 Å². The molecule has 2 aromatic heterocycles. The lowest BCUT2D eigenvalue weighted by atomic mass is 10.0. The van der Waals surface area contributed by atoms with Crippen LogP contribution in [0.1, 0.15) is 28.7 Å². The molecule has 6 rings (SSSR count). The van der Waals surface area contributed by atoms with Crippen molar-refractivity contribution in [3.05, 3.63) is 89.5 Å². The number of fused-ring (bicyclic) bond motifs is 1. The molecule has 10 nitrogen and oxygen atoms in total. The molecule has 200 valence electrons. The van der Waals surface area contributed by atoms with Crippen LogP contribution < -0.4 is 20.4 Å². The number of aliphatic hydroxyl groups is 1. The van der Waals surface area contributed by atoms with Gasteiger partial charge in [-0.05, 0) is 53.8 Å². The van der Waals surface area contributed by atoms with Crippen LogP contribution in [0.25, 0.3) is 0 Å². The molecule has 0 bridgehead atoms. The SMILES string of the molecule is OCCC1CN(c2ncnc(Nc3ccc4c(c3)CNCC4)n2)CCN1c1ncc(Cc2ccccc2)cn1. The fourth-order valence-electron chi connectivity index (χ4n) is 5.30. The van der Waals surface area contributed by atoms with E-state index in [0.29, 0.717) is 43.9 Å². The Bertz CT molecular complexity index is 1380. The Morgan fingerprint density at radius 3 is 2.64 bits per heavy atom. The molecule has 1 atom stereocenters. The van der Waals surface area contributed by atoms with Crippen LogP contribution in [-0.2, 0) is 19.4 Å². The fraction of sp³-hybridized carbons (Fsp3) is 0.345. The third-order valence-corrected chi connectivity index (χ3v) is 7.34. The van der Waals surface area contributed by atoms with Crippen LogP contribution in [0.2, 0.25) is 0 Å². The summed E-state index contributed by atoms with van der Waals surface area (Å²) in [5.74, 6) is 1.82. The van der Waals surface area contributed by atoms with Crippen molar-refractivity contribution in [2.45, 2.75) is 31.8 Å². The fourth-order valence-corrected chi connectivity index (χ4v) is 5.30. The Labute approximate surface area is 228 Å². The van der Waals surface area contributed by atoms with E-state index in [1.54, 1.807) is 6.33 Å². The second-order valence-corrected chi connectivity index (χ2v) is 10.0. The van der Waals surface area contributed by atoms with Crippen molar-refractivity contribution >= 4 is 23.5 Å². The van der Waals surface area contributed by atoms with Crippen LogP contribution in [0.3, 0.4) is 0 Å². The van der Waals surface area contributed by atoms with E-state index in [1.165, 1.54) is 16.7 Å². The smallest absolute Gasteiger partial charge is 0.231 e. The minimum absolute atomic E-state index is 0.0324. The predicted octanol–water partition coefficient (Wildman–Crippen LogP) is 2.72. The number of benzene rings is 2. The van der Waals surface area contributed by atoms with Crippen molar-refractivity contribution in [1.29, 1.82) is 0 Å². The van der Waals surface area contributed by atoms with E-state index in [1.807, 2.05) is 30.6 Å². The van der Waals surface area contributed by atoms with E-state index in [9.17, 15) is 5.11 Å². The summed E-state index contributed by atoms with van der Waals surface area (Å²) >= 11 is 0. The number of nitrogens with one attached hydrogen (secondary N) is 2. The third kappa shape index (κ3) is 5.97. The van der Waals surface area contributed by atoms with Gasteiger partial charge in [0.25, 0.3) is 0 Å². The largest absolute Gasteiger partial charge is 0.396 e. The van der Waals surface area contributed by atoms with Crippen molar-refractivity contribution < 1.29 is 5.11 Å². The van der Waals surface area contributed by atoms with Gasteiger partial charge < -0.3 is 25.5 Å². The van der Waals surface area contributed by atoms with Gasteiger partial charge in [0.15, 0.2) is 0 Å². The average molecular weight is 524 g/mol. The maximum Gasteiger partial charge on any atom is 0.231 e. The summed E-state index contributed by atoms with van der Waals surface area (Å²) in [5.41, 5.74) is 5.96. The lowest BCUT2D eigenvalue weighted by Gasteiger charge is -2.41. The summed E-state index contributed by atoms with van der Waals surface area (Å²) in [4.78, 5) is 27.2. The van der Waals surface area contributed by atoms with Crippen molar-refractivity contribution in [1.82, 2.24) is 30.2 Å². The summed E-state index contributed by atoms with van der Waals surface area (Å²) in [7, 11) is 0. The number of aromatic nitrogens is 5. The summed E-state index contributed by atoms with van der Waals surface area (Å²) < 4.78 is 0. The van der Waals surface area contributed by atoms with Crippen molar-refractivity contribution in [2.75, 3.05) is 47.9 Å². The molecule has 2 aliphatic heterocycles. The monoisotopic (exact) mass is 523 g/mol. The van der Waals surface area contributed by atoms with E-state index >= 15 is 0 Å². The molecule has 2 aromatic carbocycles. The summed E-state index contributed by atoms with van der Waals surface area (Å²) in [5, 5.41) is 16.6. The standard InChI is InChI=1S/C29H33N9O/c39-13-9-26-19-37(11-12-38(26)28-31-16-22(17-32-28)14-21-4-2-1-3-5-21)29-34-20-33-27(36-29)35-25-7-6-23-8-10-30-18-24(23)15-25/h1-7,15-17,20,26,30,39H,8-14,18-19H2,(H,33,34,35,36). The molecular formula is C29H33N9O. The highest BCUT2D eigenvalue weighted by Crippen LogP contribution is 2.24. The van der Waals surface area contributed by atoms with Crippen LogP contribution in [0.4, 0.5) is 23.5 Å². The molecule has 1 unspecified atom stereocenters. The molecule has 0 spiro atoms. The molecule has 4 aromatic rings. The molecule has 4 heterocycles. The molecule has 0 radical (unpaired) electrons. The first kappa shape index (κ1) is 25.1. The molecule has 1 fully saturated rings. The quantitative estimate of drug-likeness (QED) is 0.318. The number of hydrogen-bond donors (Lipinski definition) is 3. The zero-order valence-electron chi connectivity index (χ0n) is 21.9. The lowest BCUT2D eigenvalue weighted by molar-refractivity contribution is 0.268. The number of hydrogen-bond acceptors (Lipinski definition) is 10. The van der Waals surface area contributed by atoms with Gasteiger partial charge in [-0.2, -0.15) is 4.98 Å². The number of anilines is 4.